The fourth-order valence-corrected chi connectivity index (χ4v) is 21.3. The number of aromatic nitrogens is 2. The van der Waals surface area contributed by atoms with Gasteiger partial charge in [0.1, 0.15) is 22.3 Å². The number of hydrogen-bond donors (Lipinski definition) is 0. The van der Waals surface area contributed by atoms with Crippen molar-refractivity contribution in [3.8, 4) is 0 Å². The fourth-order valence-electron chi connectivity index (χ4n) is 5.61. The summed E-state index contributed by atoms with van der Waals surface area (Å²) in [4.78, 5) is 9.47. The molecule has 1 rings (SSSR count). The molecule has 0 saturated carbocycles. The van der Waals surface area contributed by atoms with Crippen molar-refractivity contribution in [2.24, 2.45) is 0 Å². The zero-order valence-electron chi connectivity index (χ0n) is 19.1. The lowest BCUT2D eigenvalue weighted by Crippen LogP contribution is -2.67. The standard InChI is InChI=1S/C22H45N3Si2/c1-7-15-26(16-8-2,17-9-3)25(22-21-23-13-14-24-22)27(18-10-4,19-11-5)20-12-6/h13-14,21H,7-12,15-20H2,1-6H3. The first-order valence-corrected chi connectivity index (χ1v) is 16.8. The molecule has 0 unspecified atom stereocenters. The average Bonchev–Trinajstić information content (AvgIpc) is 2.64. The predicted octanol–water partition coefficient (Wildman–Crippen LogP) is 7.63. The van der Waals surface area contributed by atoms with Gasteiger partial charge < -0.3 is 4.23 Å². The molecule has 1 aromatic rings. The summed E-state index contributed by atoms with van der Waals surface area (Å²) in [5, 5.41) is 0. The smallest absolute Gasteiger partial charge is 0.149 e. The summed E-state index contributed by atoms with van der Waals surface area (Å²) in [6.45, 7) is 14.4. The van der Waals surface area contributed by atoms with Gasteiger partial charge in [0.25, 0.3) is 0 Å². The van der Waals surface area contributed by atoms with Crippen LogP contribution in [0.4, 0.5) is 5.82 Å². The molecule has 0 amide bonds. The Morgan fingerprint density at radius 1 is 0.630 bits per heavy atom. The van der Waals surface area contributed by atoms with Crippen LogP contribution >= 0.6 is 0 Å². The van der Waals surface area contributed by atoms with Crippen LogP contribution in [-0.4, -0.2) is 26.4 Å². The van der Waals surface area contributed by atoms with E-state index in [1.165, 1.54) is 80.6 Å². The molecule has 1 heterocycles. The Morgan fingerprint density at radius 2 is 1.00 bits per heavy atom. The molecule has 0 atom stereocenters. The molecule has 0 spiro atoms. The van der Waals surface area contributed by atoms with Gasteiger partial charge in [0.15, 0.2) is 0 Å². The molecule has 0 aromatic carbocycles. The lowest BCUT2D eigenvalue weighted by atomic mass is 10.5. The Bertz CT molecular complexity index is 436. The molecule has 156 valence electrons. The maximum Gasteiger partial charge on any atom is 0.149 e. The van der Waals surface area contributed by atoms with Crippen LogP contribution in [0.25, 0.3) is 0 Å². The van der Waals surface area contributed by atoms with Crippen molar-refractivity contribution in [3.05, 3.63) is 18.6 Å². The number of rotatable bonds is 15. The molecule has 0 N–H and O–H groups in total. The van der Waals surface area contributed by atoms with E-state index in [0.29, 0.717) is 0 Å². The highest BCUT2D eigenvalue weighted by Crippen LogP contribution is 2.42. The fraction of sp³-hybridized carbons (Fsp3) is 0.818. The molecule has 27 heavy (non-hydrogen) atoms. The van der Waals surface area contributed by atoms with Crippen LogP contribution in [0, 0.1) is 0 Å². The number of anilines is 1. The van der Waals surface area contributed by atoms with Crippen LogP contribution < -0.4 is 4.23 Å². The highest BCUT2D eigenvalue weighted by Gasteiger charge is 2.49. The molecule has 0 aliphatic rings. The third-order valence-corrected chi connectivity index (χ3v) is 19.8. The summed E-state index contributed by atoms with van der Waals surface area (Å²) in [5.74, 6) is 1.22. The van der Waals surface area contributed by atoms with Crippen molar-refractivity contribution in [3.63, 3.8) is 0 Å². The van der Waals surface area contributed by atoms with Crippen LogP contribution in [0.1, 0.15) is 80.1 Å². The van der Waals surface area contributed by atoms with E-state index in [-0.39, 0.29) is 0 Å². The largest absolute Gasteiger partial charge is 0.407 e. The second kappa shape index (κ2) is 12.7. The second-order valence-corrected chi connectivity index (χ2v) is 17.6. The van der Waals surface area contributed by atoms with Crippen molar-refractivity contribution in [2.75, 3.05) is 4.23 Å². The van der Waals surface area contributed by atoms with Crippen LogP contribution in [0.15, 0.2) is 18.6 Å². The van der Waals surface area contributed by atoms with Gasteiger partial charge in [0, 0.05) is 12.4 Å². The van der Waals surface area contributed by atoms with Gasteiger partial charge in [-0.2, -0.15) is 0 Å². The first-order chi connectivity index (χ1) is 13.1. The first kappa shape index (κ1) is 24.4. The quantitative estimate of drug-likeness (QED) is 0.280. The molecule has 0 bridgehead atoms. The molecule has 0 fully saturated rings. The summed E-state index contributed by atoms with van der Waals surface area (Å²) in [6.07, 6.45) is 13.7. The van der Waals surface area contributed by atoms with Crippen LogP contribution in [0.5, 0.6) is 0 Å². The van der Waals surface area contributed by atoms with Gasteiger partial charge in [0.2, 0.25) is 0 Å². The second-order valence-electron chi connectivity index (χ2n) is 8.35. The third-order valence-electron chi connectivity index (χ3n) is 6.02. The van der Waals surface area contributed by atoms with Gasteiger partial charge >= 0.3 is 0 Å². The van der Waals surface area contributed by atoms with E-state index in [1.807, 2.05) is 12.4 Å². The van der Waals surface area contributed by atoms with Crippen molar-refractivity contribution < 1.29 is 0 Å². The molecule has 1 aromatic heterocycles. The van der Waals surface area contributed by atoms with Gasteiger partial charge in [-0.15, -0.1) is 0 Å². The van der Waals surface area contributed by atoms with E-state index >= 15 is 0 Å². The molecule has 0 aliphatic heterocycles. The Balaban J connectivity index is 3.68. The third kappa shape index (κ3) is 6.15. The molecule has 0 radical (unpaired) electrons. The SMILES string of the molecule is CCC[Si](CCC)(CCC)N(c1cnccn1)[Si](CCC)(CCC)CCC. The Morgan fingerprint density at radius 3 is 1.26 bits per heavy atom. The minimum atomic E-state index is -1.62. The summed E-state index contributed by atoms with van der Waals surface area (Å²) in [5.41, 5.74) is 0. The van der Waals surface area contributed by atoms with E-state index < -0.39 is 16.5 Å². The van der Waals surface area contributed by atoms with Gasteiger partial charge in [-0.1, -0.05) is 80.1 Å². The lowest BCUT2D eigenvalue weighted by molar-refractivity contribution is 0.869. The van der Waals surface area contributed by atoms with Crippen molar-refractivity contribution in [1.82, 2.24) is 9.97 Å². The van der Waals surface area contributed by atoms with E-state index in [4.69, 9.17) is 4.98 Å². The predicted molar refractivity (Wildman–Crippen MR) is 127 cm³/mol. The molecule has 5 heteroatoms. The minimum absolute atomic E-state index is 1.22. The molecular weight excluding hydrogens is 362 g/mol. The van der Waals surface area contributed by atoms with Crippen LogP contribution in [0.2, 0.25) is 36.3 Å². The topological polar surface area (TPSA) is 29.0 Å². The monoisotopic (exact) mass is 407 g/mol. The van der Waals surface area contributed by atoms with E-state index in [9.17, 15) is 0 Å². The van der Waals surface area contributed by atoms with E-state index in [2.05, 4.69) is 57.0 Å². The Hall–Kier alpha value is -0.686. The number of hydrogen-bond acceptors (Lipinski definition) is 3. The average molecular weight is 408 g/mol. The zero-order chi connectivity index (χ0) is 20.2. The number of nitrogens with zero attached hydrogens (tertiary/aromatic N) is 3. The first-order valence-electron chi connectivity index (χ1n) is 11.7. The van der Waals surface area contributed by atoms with Crippen molar-refractivity contribution in [1.29, 1.82) is 0 Å². The minimum Gasteiger partial charge on any atom is -0.407 e. The Labute approximate surface area is 171 Å². The van der Waals surface area contributed by atoms with Crippen LogP contribution in [0.3, 0.4) is 0 Å². The highest BCUT2D eigenvalue weighted by atomic mass is 28.4. The zero-order valence-corrected chi connectivity index (χ0v) is 21.1. The summed E-state index contributed by atoms with van der Waals surface area (Å²) < 4.78 is 3.08. The summed E-state index contributed by atoms with van der Waals surface area (Å²) in [7, 11) is -3.24. The maximum absolute atomic E-state index is 4.94. The summed E-state index contributed by atoms with van der Waals surface area (Å²) in [6, 6.07) is 8.48. The molecule has 3 nitrogen and oxygen atoms in total. The van der Waals surface area contributed by atoms with Gasteiger partial charge in [-0.25, -0.2) is 4.98 Å². The van der Waals surface area contributed by atoms with Crippen molar-refractivity contribution in [2.45, 2.75) is 116 Å². The van der Waals surface area contributed by atoms with E-state index in [0.717, 1.165) is 0 Å². The van der Waals surface area contributed by atoms with Gasteiger partial charge in [-0.3, -0.25) is 4.98 Å². The molecule has 0 aliphatic carbocycles. The van der Waals surface area contributed by atoms with Crippen LogP contribution in [-0.2, 0) is 0 Å². The normalized spacial score (nSPS) is 12.4. The van der Waals surface area contributed by atoms with Crippen molar-refractivity contribution >= 4 is 22.3 Å². The summed E-state index contributed by atoms with van der Waals surface area (Å²) >= 11 is 0. The van der Waals surface area contributed by atoms with Gasteiger partial charge in [0.05, 0.1) is 6.20 Å². The maximum atomic E-state index is 4.94. The lowest BCUT2D eigenvalue weighted by Gasteiger charge is -2.54. The van der Waals surface area contributed by atoms with Gasteiger partial charge in [-0.05, 0) is 36.3 Å². The highest BCUT2D eigenvalue weighted by molar-refractivity contribution is 7.02. The molecule has 0 saturated heterocycles. The van der Waals surface area contributed by atoms with E-state index in [1.54, 1.807) is 0 Å². The molecular formula is C22H45N3Si2. The Kier molecular flexibility index (Phi) is 11.5.